The number of rotatable bonds is 30. The Labute approximate surface area is 602 Å². The van der Waals surface area contributed by atoms with Crippen molar-refractivity contribution < 1.29 is 96.3 Å². The molecule has 6 saturated heterocycles. The molecule has 0 radical (unpaired) electrons. The molecular weight excluding hydrogens is 1410 g/mol. The lowest BCUT2D eigenvalue weighted by Gasteiger charge is -2.40. The summed E-state index contributed by atoms with van der Waals surface area (Å²) < 4.78 is 55.1. The zero-order valence-corrected chi connectivity index (χ0v) is 57.4. The van der Waals surface area contributed by atoms with Crippen LogP contribution < -0.4 is 0 Å². The van der Waals surface area contributed by atoms with Crippen LogP contribution in [0.2, 0.25) is 0 Å². The minimum atomic E-state index is -0.909. The first kappa shape index (κ1) is 74.8. The molecule has 0 atom stereocenters. The summed E-state index contributed by atoms with van der Waals surface area (Å²) in [5.41, 5.74) is 0.794. The Morgan fingerprint density at radius 2 is 0.651 bits per heavy atom. The van der Waals surface area contributed by atoms with E-state index in [-0.39, 0.29) is 184 Å². The Balaban J connectivity index is 0.735. The Kier molecular flexibility index (Phi) is 25.2. The number of piperazine rings is 4. The van der Waals surface area contributed by atoms with Gasteiger partial charge in [0.05, 0.1) is 160 Å². The summed E-state index contributed by atoms with van der Waals surface area (Å²) >= 11 is 0. The van der Waals surface area contributed by atoms with E-state index in [0.29, 0.717) is 53.8 Å². The summed E-state index contributed by atoms with van der Waals surface area (Å²) in [6.07, 6.45) is 6.29. The average molecular weight is 1490 g/mol. The maximum Gasteiger partial charge on any atom is 0.410 e. The molecule has 570 valence electrons. The molecule has 0 aliphatic carbocycles. The summed E-state index contributed by atoms with van der Waals surface area (Å²) in [5, 5.41) is 102. The number of benzene rings is 1. The Morgan fingerprint density at radius 3 is 0.877 bits per heavy atom. The second-order valence-corrected chi connectivity index (χ2v) is 24.6. The van der Waals surface area contributed by atoms with Gasteiger partial charge in [0.2, 0.25) is 21.1 Å². The number of amides is 4. The maximum absolute atomic E-state index is 13.1. The van der Waals surface area contributed by atoms with Crippen LogP contribution in [0.25, 0.3) is 0 Å². The number of carbonyl (C=O) groups excluding carboxylic acids is 4. The molecule has 1 aromatic carbocycles. The fraction of sp³-hybridized carbons (Fsp3) is 0.552. The summed E-state index contributed by atoms with van der Waals surface area (Å²) in [6.45, 7) is 16.3. The SMILES string of the molecule is C=CO/N=[N+](\[O-])N1CCN(C(=O)OCc2cn(CC3(Cn4cc(COC(=O)N5CCN(/[N+]([O-])=N/OC=C)CC5)nn4)COC(c4cccc(C5OCC(Cn6cc(COC(=O)N7CCN(/[N+]([O-])=N/OC=C)CC7)nn6)(Cn6cc(COC(=O)N7CCN(/[N+]([O-])=N/OC=C)CC7)nn6)CO5)c4)OC3)nn2)CC1. The first-order chi connectivity index (χ1) is 51.5. The Morgan fingerprint density at radius 1 is 0.415 bits per heavy atom. The molecule has 0 bridgehead atoms. The molecule has 0 unspecified atom stereocenters. The van der Waals surface area contributed by atoms with Gasteiger partial charge in [-0.1, -0.05) is 65.4 Å². The highest BCUT2D eigenvalue weighted by atomic mass is 16.7. The number of hydrogen-bond acceptors (Lipinski definition) is 32. The molecule has 4 aromatic heterocycles. The molecule has 6 aliphatic rings. The van der Waals surface area contributed by atoms with E-state index in [2.05, 4.69) is 108 Å². The minimum Gasteiger partial charge on any atom is -0.569 e. The van der Waals surface area contributed by atoms with Gasteiger partial charge in [-0.25, -0.2) is 19.2 Å². The summed E-state index contributed by atoms with van der Waals surface area (Å²) in [5.74, 6) is 0. The van der Waals surface area contributed by atoms with Gasteiger partial charge in [-0.2, -0.15) is 0 Å². The third-order valence-corrected chi connectivity index (χ3v) is 17.1. The van der Waals surface area contributed by atoms with Gasteiger partial charge in [-0.3, -0.25) is 18.7 Å². The molecule has 0 spiro atoms. The van der Waals surface area contributed by atoms with E-state index in [9.17, 15) is 40.0 Å². The molecule has 6 fully saturated rings. The number of hydrazine groups is 4. The van der Waals surface area contributed by atoms with E-state index < -0.39 is 47.8 Å². The Hall–Kier alpha value is -12.3. The van der Waals surface area contributed by atoms with Crippen molar-refractivity contribution in [3.05, 3.63) is 155 Å². The topological polar surface area (TPSA) is 482 Å². The monoisotopic (exact) mass is 1490 g/mol. The first-order valence-corrected chi connectivity index (χ1v) is 33.1. The Bertz CT molecular complexity index is 3480. The smallest absolute Gasteiger partial charge is 0.410 e. The fourth-order valence-electron chi connectivity index (χ4n) is 11.8. The van der Waals surface area contributed by atoms with E-state index in [4.69, 9.17) is 37.9 Å². The third kappa shape index (κ3) is 20.1. The van der Waals surface area contributed by atoms with E-state index in [1.807, 2.05) is 24.3 Å². The van der Waals surface area contributed by atoms with Gasteiger partial charge in [0.25, 0.3) is 0 Å². The standard InChI is InChI=1S/C58H78N28O20/c1-5-103-67-83(91)79-20-12-71(13-21-79)53(87)95-33-47-29-75(63-59-47)37-57(38-76-30-48(60-64-76)34-96-54(88)72-14-22-80(23-15-72)84(92)68-104-6-2)41-99-51(100-42-57)45-10-9-11-46(28-45)52-101-43-58(44-102-52,39-77-31-49(61-65-77)35-97-55(89)73-16-24-81(25-17-73)85(93)69-105-7-3)40-78-32-50(62-66-78)36-98-56(90)74-18-26-82(27-19-74)86(94)70-106-8-4/h5-11,28-32,51-52H,1-4,12-27,33-44H2/b83-67-,84-68-,85-69-,86-70-. The highest BCUT2D eigenvalue weighted by molar-refractivity contribution is 5.69. The van der Waals surface area contributed by atoms with E-state index >= 15 is 0 Å². The van der Waals surface area contributed by atoms with Crippen LogP contribution in [0.4, 0.5) is 19.2 Å². The van der Waals surface area contributed by atoms with Crippen LogP contribution in [0.15, 0.2) is 122 Å². The van der Waals surface area contributed by atoms with Gasteiger partial charge in [-0.15, -0.1) is 40.4 Å². The molecule has 48 nitrogen and oxygen atoms in total. The maximum atomic E-state index is 13.1. The number of nitrogens with zero attached hydrogens (tertiary/aromatic N) is 28. The van der Waals surface area contributed by atoms with Gasteiger partial charge in [0.1, 0.15) is 74.3 Å². The lowest BCUT2D eigenvalue weighted by molar-refractivity contribution is -0.710. The van der Waals surface area contributed by atoms with Crippen molar-refractivity contribution in [3.8, 4) is 0 Å². The molecule has 106 heavy (non-hydrogen) atoms. The summed E-state index contributed by atoms with van der Waals surface area (Å²) in [6, 6.07) is 7.35. The van der Waals surface area contributed by atoms with Crippen LogP contribution in [-0.2, 0) is 110 Å². The number of hydrogen-bond donors (Lipinski definition) is 0. The predicted octanol–water partition coefficient (Wildman–Crippen LogP) is 1.74. The molecule has 11 rings (SSSR count). The largest absolute Gasteiger partial charge is 0.569 e. The zero-order chi connectivity index (χ0) is 74.4. The van der Waals surface area contributed by atoms with Crippen molar-refractivity contribution >= 4 is 24.4 Å². The number of aromatic nitrogens is 12. The lowest BCUT2D eigenvalue weighted by Crippen LogP contribution is -2.50. The van der Waals surface area contributed by atoms with Crippen molar-refractivity contribution in [2.24, 2.45) is 31.9 Å². The molecule has 0 N–H and O–H groups in total. The minimum absolute atomic E-state index is 0.0718. The quantitative estimate of drug-likeness (QED) is 0.0208. The highest BCUT2D eigenvalue weighted by Crippen LogP contribution is 2.39. The normalized spacial score (nSPS) is 20.0. The van der Waals surface area contributed by atoms with Crippen LogP contribution in [0, 0.1) is 31.7 Å². The first-order valence-electron chi connectivity index (χ1n) is 33.1. The lowest BCUT2D eigenvalue weighted by atomic mass is 9.88. The predicted molar refractivity (Wildman–Crippen MR) is 343 cm³/mol. The van der Waals surface area contributed by atoms with Crippen LogP contribution in [0.1, 0.15) is 46.5 Å². The second kappa shape index (κ2) is 35.7. The van der Waals surface area contributed by atoms with Crippen LogP contribution in [-0.4, -0.2) is 275 Å². The van der Waals surface area contributed by atoms with Crippen molar-refractivity contribution in [2.45, 2.75) is 65.2 Å². The van der Waals surface area contributed by atoms with Crippen molar-refractivity contribution in [1.82, 2.24) is 99.6 Å². The van der Waals surface area contributed by atoms with Crippen molar-refractivity contribution in [3.63, 3.8) is 0 Å². The number of ether oxygens (including phenoxy) is 8. The van der Waals surface area contributed by atoms with Crippen LogP contribution in [0.5, 0.6) is 0 Å². The van der Waals surface area contributed by atoms with E-state index in [0.717, 1.165) is 25.0 Å². The van der Waals surface area contributed by atoms with E-state index in [1.54, 1.807) is 43.5 Å². The zero-order valence-electron chi connectivity index (χ0n) is 57.4. The molecule has 5 aromatic rings. The van der Waals surface area contributed by atoms with Gasteiger partial charge in [-0.05, 0) is 6.07 Å². The van der Waals surface area contributed by atoms with Crippen molar-refractivity contribution in [2.75, 3.05) is 131 Å². The molecule has 10 heterocycles. The van der Waals surface area contributed by atoms with Crippen molar-refractivity contribution in [1.29, 1.82) is 0 Å². The summed E-state index contributed by atoms with van der Waals surface area (Å²) in [7, 11) is 0. The third-order valence-electron chi connectivity index (χ3n) is 17.1. The van der Waals surface area contributed by atoms with Gasteiger partial charge < -0.3 is 97.7 Å². The van der Waals surface area contributed by atoms with Crippen LogP contribution >= 0.6 is 0 Å². The molecule has 48 heteroatoms. The molecule has 6 aliphatic heterocycles. The van der Waals surface area contributed by atoms with Gasteiger partial charge in [0.15, 0.2) is 12.6 Å². The second-order valence-electron chi connectivity index (χ2n) is 24.6. The molecule has 4 amide bonds. The highest BCUT2D eigenvalue weighted by Gasteiger charge is 2.43. The van der Waals surface area contributed by atoms with Gasteiger partial charge in [0, 0.05) is 63.5 Å². The van der Waals surface area contributed by atoms with Crippen LogP contribution in [0.3, 0.4) is 0 Å². The number of carbonyl (C=O) groups is 4. The van der Waals surface area contributed by atoms with E-state index in [1.165, 1.54) is 39.6 Å². The summed E-state index contributed by atoms with van der Waals surface area (Å²) in [4.78, 5) is 78.0. The van der Waals surface area contributed by atoms with Gasteiger partial charge >= 0.3 is 24.4 Å². The fourth-order valence-corrected chi connectivity index (χ4v) is 11.8. The average Bonchev–Trinajstić information content (AvgIpc) is 1.65. The molecular formula is C58H78N28O20. The molecule has 0 saturated carbocycles.